The number of nitrogens with zero attached hydrogens (tertiary/aromatic N) is 3. The summed E-state index contributed by atoms with van der Waals surface area (Å²) in [5, 5.41) is 12.2. The Bertz CT molecular complexity index is 1050. The Morgan fingerprint density at radius 1 is 1.23 bits per heavy atom. The van der Waals surface area contributed by atoms with Gasteiger partial charge in [-0.2, -0.15) is 15.2 Å². The van der Waals surface area contributed by atoms with Gasteiger partial charge in [0.05, 0.1) is 23.7 Å². The van der Waals surface area contributed by atoms with Gasteiger partial charge in [-0.25, -0.2) is 0 Å². The molecule has 0 aliphatic carbocycles. The fourth-order valence-electron chi connectivity index (χ4n) is 3.03. The van der Waals surface area contributed by atoms with Gasteiger partial charge in [0.15, 0.2) is 5.11 Å². The summed E-state index contributed by atoms with van der Waals surface area (Å²) in [4.78, 5) is 26.3. The number of hydrogen-bond donors (Lipinski definition) is 3. The number of carbonyl (C=O) groups is 2. The monoisotopic (exact) mass is 438 g/mol. The molecule has 0 bridgehead atoms. The van der Waals surface area contributed by atoms with E-state index in [0.29, 0.717) is 29.4 Å². The van der Waals surface area contributed by atoms with Crippen LogP contribution in [0.1, 0.15) is 13.8 Å². The topological polar surface area (TPSA) is 121 Å². The van der Waals surface area contributed by atoms with E-state index in [2.05, 4.69) is 20.9 Å². The number of carbonyl (C=O) groups excluding carboxylic acids is 2. The average Bonchev–Trinajstić information content (AvgIpc) is 3.05. The molecule has 1 unspecified atom stereocenters. The summed E-state index contributed by atoms with van der Waals surface area (Å²) in [6.45, 7) is 3.92. The number of nitrogens with one attached hydrogen (secondary N) is 2. The van der Waals surface area contributed by atoms with Gasteiger partial charge >= 0.3 is 0 Å². The Hall–Kier alpha value is -3.79. The van der Waals surface area contributed by atoms with Crippen LogP contribution >= 0.6 is 12.2 Å². The number of rotatable bonds is 7. The first kappa shape index (κ1) is 21.9. The molecule has 2 aromatic carbocycles. The maximum absolute atomic E-state index is 13.2. The van der Waals surface area contributed by atoms with Crippen LogP contribution < -0.4 is 26.2 Å². The van der Waals surface area contributed by atoms with Gasteiger partial charge in [0.25, 0.3) is 11.8 Å². The van der Waals surface area contributed by atoms with Crippen molar-refractivity contribution in [2.45, 2.75) is 13.8 Å². The fourth-order valence-corrected chi connectivity index (χ4v) is 3.08. The zero-order valence-electron chi connectivity index (χ0n) is 17.0. The molecule has 0 saturated carbocycles. The van der Waals surface area contributed by atoms with E-state index in [-0.39, 0.29) is 10.8 Å². The lowest BCUT2D eigenvalue weighted by Gasteiger charge is -2.17. The minimum atomic E-state index is -1.01. The number of amides is 2. The Morgan fingerprint density at radius 2 is 1.90 bits per heavy atom. The van der Waals surface area contributed by atoms with Crippen molar-refractivity contribution in [1.82, 2.24) is 5.43 Å². The minimum absolute atomic E-state index is 0.121. The van der Waals surface area contributed by atoms with Gasteiger partial charge in [-0.3, -0.25) is 15.0 Å². The second kappa shape index (κ2) is 9.81. The lowest BCUT2D eigenvalue weighted by molar-refractivity contribution is -0.119. The van der Waals surface area contributed by atoms with Crippen LogP contribution in [0.2, 0.25) is 0 Å². The lowest BCUT2D eigenvalue weighted by atomic mass is 9.97. The molecule has 1 atom stereocenters. The second-order valence-corrected chi connectivity index (χ2v) is 6.96. The van der Waals surface area contributed by atoms with E-state index in [1.54, 1.807) is 55.5 Å². The van der Waals surface area contributed by atoms with Crippen LogP contribution in [0, 0.1) is 5.92 Å². The summed E-state index contributed by atoms with van der Waals surface area (Å²) >= 11 is 4.80. The fraction of sp³-hybridized carbons (Fsp3) is 0.190. The maximum atomic E-state index is 13.2. The molecule has 10 heteroatoms. The highest BCUT2D eigenvalue weighted by Gasteiger charge is 2.41. The van der Waals surface area contributed by atoms with E-state index >= 15 is 0 Å². The zero-order chi connectivity index (χ0) is 22.4. The molecule has 2 amide bonds. The third-order valence-corrected chi connectivity index (χ3v) is 4.45. The summed E-state index contributed by atoms with van der Waals surface area (Å²) < 4.78 is 5.55. The largest absolute Gasteiger partial charge is 0.492 e. The molecular weight excluding hydrogens is 416 g/mol. The molecule has 0 aromatic heterocycles. The molecule has 0 saturated heterocycles. The zero-order valence-corrected chi connectivity index (χ0v) is 17.8. The number of ether oxygens (including phenoxy) is 1. The summed E-state index contributed by atoms with van der Waals surface area (Å²) in [7, 11) is 0. The summed E-state index contributed by atoms with van der Waals surface area (Å²) in [6.07, 6.45) is 0. The van der Waals surface area contributed by atoms with Crippen LogP contribution in [-0.4, -0.2) is 35.0 Å². The van der Waals surface area contributed by atoms with Crippen LogP contribution in [0.25, 0.3) is 0 Å². The molecule has 1 aliphatic rings. The summed E-state index contributed by atoms with van der Waals surface area (Å²) in [5.41, 5.74) is 9.19. The van der Waals surface area contributed by atoms with E-state index < -0.39 is 17.7 Å². The third-order valence-electron chi connectivity index (χ3n) is 4.36. The van der Waals surface area contributed by atoms with E-state index in [0.717, 1.165) is 0 Å². The van der Waals surface area contributed by atoms with Gasteiger partial charge in [-0.15, -0.1) is 0 Å². The minimum Gasteiger partial charge on any atom is -0.492 e. The molecule has 0 radical (unpaired) electrons. The van der Waals surface area contributed by atoms with Crippen LogP contribution in [0.15, 0.2) is 64.8 Å². The van der Waals surface area contributed by atoms with Crippen molar-refractivity contribution in [1.29, 1.82) is 0 Å². The van der Waals surface area contributed by atoms with E-state index in [4.69, 9.17) is 22.7 Å². The van der Waals surface area contributed by atoms with Crippen molar-refractivity contribution in [2.24, 2.45) is 21.9 Å². The van der Waals surface area contributed by atoms with Crippen molar-refractivity contribution < 1.29 is 14.3 Å². The van der Waals surface area contributed by atoms with Crippen LogP contribution in [0.3, 0.4) is 0 Å². The molecular formula is C21H22N6O3S. The Balaban J connectivity index is 1.92. The highest BCUT2D eigenvalue weighted by molar-refractivity contribution is 7.80. The molecule has 1 aliphatic heterocycles. The van der Waals surface area contributed by atoms with Crippen molar-refractivity contribution >= 4 is 51.9 Å². The standard InChI is InChI=1S/C21H22N6O3S/c1-3-30-16-12-8-7-11-15(16)23-19(28)18(24-25-21(22)31)17-13(2)26-27(20(17)29)14-9-5-4-6-10-14/h4-12,17H,3H2,1-2H3,(H,23,28)(H3,22,25,31). The van der Waals surface area contributed by atoms with Crippen LogP contribution in [-0.2, 0) is 9.59 Å². The average molecular weight is 439 g/mol. The molecule has 1 heterocycles. The quantitative estimate of drug-likeness (QED) is 0.346. The third kappa shape index (κ3) is 5.04. The SMILES string of the molecule is CCOc1ccccc1NC(=O)C(=NNC(N)=S)C1C(=O)N(c2ccccc2)N=C1C. The smallest absolute Gasteiger partial charge is 0.273 e. The van der Waals surface area contributed by atoms with Crippen LogP contribution in [0.4, 0.5) is 11.4 Å². The number of hydrazone groups is 2. The Labute approximate surface area is 184 Å². The van der Waals surface area contributed by atoms with Crippen LogP contribution in [0.5, 0.6) is 5.75 Å². The lowest BCUT2D eigenvalue weighted by Crippen LogP contribution is -2.41. The molecule has 0 spiro atoms. The molecule has 3 rings (SSSR count). The Morgan fingerprint density at radius 3 is 2.58 bits per heavy atom. The van der Waals surface area contributed by atoms with Crippen molar-refractivity contribution in [3.63, 3.8) is 0 Å². The van der Waals surface area contributed by atoms with Gasteiger partial charge in [-0.05, 0) is 50.3 Å². The number of benzene rings is 2. The van der Waals surface area contributed by atoms with Gasteiger partial charge in [0, 0.05) is 0 Å². The first-order valence-electron chi connectivity index (χ1n) is 9.52. The first-order valence-corrected chi connectivity index (χ1v) is 9.93. The van der Waals surface area contributed by atoms with Gasteiger partial charge < -0.3 is 15.8 Å². The predicted molar refractivity (Wildman–Crippen MR) is 124 cm³/mol. The highest BCUT2D eigenvalue weighted by atomic mass is 32.1. The number of nitrogens with two attached hydrogens (primary N) is 1. The maximum Gasteiger partial charge on any atom is 0.273 e. The number of thiocarbonyl (C=S) groups is 1. The van der Waals surface area contributed by atoms with Gasteiger partial charge in [0.2, 0.25) is 0 Å². The molecule has 9 nitrogen and oxygen atoms in total. The van der Waals surface area contributed by atoms with E-state index in [9.17, 15) is 9.59 Å². The van der Waals surface area contributed by atoms with E-state index in [1.807, 2.05) is 13.0 Å². The second-order valence-electron chi connectivity index (χ2n) is 6.52. The molecule has 2 aromatic rings. The summed E-state index contributed by atoms with van der Waals surface area (Å²) in [6, 6.07) is 15.9. The normalized spacial score (nSPS) is 16.0. The predicted octanol–water partition coefficient (Wildman–Crippen LogP) is 2.25. The highest BCUT2D eigenvalue weighted by Crippen LogP contribution is 2.27. The van der Waals surface area contributed by atoms with Crippen molar-refractivity contribution in [3.05, 3.63) is 54.6 Å². The molecule has 160 valence electrons. The molecule has 0 fully saturated rings. The number of para-hydroxylation sites is 3. The first-order chi connectivity index (χ1) is 14.9. The van der Waals surface area contributed by atoms with E-state index in [1.165, 1.54) is 5.01 Å². The van der Waals surface area contributed by atoms with Crippen molar-refractivity contribution in [2.75, 3.05) is 16.9 Å². The number of hydrogen-bond acceptors (Lipinski definition) is 6. The number of anilines is 2. The van der Waals surface area contributed by atoms with Gasteiger partial charge in [-0.1, -0.05) is 30.3 Å². The Kier molecular flexibility index (Phi) is 6.93. The van der Waals surface area contributed by atoms with Gasteiger partial charge in [0.1, 0.15) is 17.4 Å². The summed E-state index contributed by atoms with van der Waals surface area (Å²) in [5.74, 6) is -1.55. The molecule has 31 heavy (non-hydrogen) atoms. The van der Waals surface area contributed by atoms with Crippen molar-refractivity contribution in [3.8, 4) is 5.75 Å². The molecule has 4 N–H and O–H groups in total.